The maximum Gasteiger partial charge on any atom is 0.241 e. The van der Waals surface area contributed by atoms with Crippen molar-refractivity contribution in [3.05, 3.63) is 43.8 Å². The van der Waals surface area contributed by atoms with Crippen LogP contribution < -0.4 is 10.5 Å². The second-order valence-corrected chi connectivity index (χ2v) is 8.12. The lowest BCUT2D eigenvalue weighted by atomic mass is 10.1. The van der Waals surface area contributed by atoms with Crippen LogP contribution in [0.1, 0.15) is 21.7 Å². The van der Waals surface area contributed by atoms with Crippen LogP contribution in [0.3, 0.4) is 0 Å². The molecule has 0 aliphatic carbocycles. The molecule has 0 aliphatic heterocycles. The molecule has 0 spiro atoms. The van der Waals surface area contributed by atoms with E-state index in [2.05, 4.69) is 25.6 Å². The number of thiazole rings is 1. The fourth-order valence-corrected chi connectivity index (χ4v) is 4.59. The zero-order chi connectivity index (χ0) is 15.6. The first-order chi connectivity index (χ1) is 9.85. The van der Waals surface area contributed by atoms with Crippen LogP contribution in [0.2, 0.25) is 0 Å². The SMILES string of the molecule is Cc1ncsc1CNS(=O)(=O)c1cc(CN)cc(Br)c1C. The van der Waals surface area contributed by atoms with Gasteiger partial charge in [-0.1, -0.05) is 15.9 Å². The zero-order valence-corrected chi connectivity index (χ0v) is 14.9. The predicted molar refractivity (Wildman–Crippen MR) is 87.6 cm³/mol. The molecule has 0 radical (unpaired) electrons. The number of aryl methyl sites for hydroxylation is 1. The van der Waals surface area contributed by atoms with E-state index in [1.54, 1.807) is 18.5 Å². The third kappa shape index (κ3) is 3.70. The van der Waals surface area contributed by atoms with Crippen LogP contribution in [0, 0.1) is 13.8 Å². The zero-order valence-electron chi connectivity index (χ0n) is 11.7. The number of nitrogens with zero attached hydrogens (tertiary/aromatic N) is 1. The number of aromatic nitrogens is 1. The Morgan fingerprint density at radius 3 is 2.67 bits per heavy atom. The Kier molecular flexibility index (Phi) is 5.15. The topological polar surface area (TPSA) is 85.1 Å². The van der Waals surface area contributed by atoms with E-state index in [1.165, 1.54) is 11.3 Å². The first-order valence-electron chi connectivity index (χ1n) is 6.23. The van der Waals surface area contributed by atoms with Crippen molar-refractivity contribution in [2.24, 2.45) is 5.73 Å². The van der Waals surface area contributed by atoms with E-state index < -0.39 is 10.0 Å². The van der Waals surface area contributed by atoms with Crippen LogP contribution in [0.25, 0.3) is 0 Å². The minimum Gasteiger partial charge on any atom is -0.326 e. The van der Waals surface area contributed by atoms with Gasteiger partial charge < -0.3 is 5.73 Å². The molecule has 1 aromatic carbocycles. The Labute approximate surface area is 136 Å². The molecule has 0 saturated carbocycles. The molecule has 21 heavy (non-hydrogen) atoms. The van der Waals surface area contributed by atoms with Gasteiger partial charge in [-0.15, -0.1) is 11.3 Å². The van der Waals surface area contributed by atoms with E-state index in [-0.39, 0.29) is 18.0 Å². The van der Waals surface area contributed by atoms with Crippen molar-refractivity contribution in [1.29, 1.82) is 0 Å². The lowest BCUT2D eigenvalue weighted by Crippen LogP contribution is -2.24. The molecular formula is C13H16BrN3O2S2. The molecule has 114 valence electrons. The summed E-state index contributed by atoms with van der Waals surface area (Å²) < 4.78 is 28.3. The Morgan fingerprint density at radius 2 is 2.10 bits per heavy atom. The predicted octanol–water partition coefficient (Wildman–Crippen LogP) is 2.46. The van der Waals surface area contributed by atoms with Crippen LogP contribution in [0.15, 0.2) is 27.0 Å². The number of nitrogens with two attached hydrogens (primary N) is 1. The van der Waals surface area contributed by atoms with Crippen molar-refractivity contribution in [3.63, 3.8) is 0 Å². The van der Waals surface area contributed by atoms with Gasteiger partial charge in [0.15, 0.2) is 0 Å². The highest BCUT2D eigenvalue weighted by molar-refractivity contribution is 9.10. The summed E-state index contributed by atoms with van der Waals surface area (Å²) in [6, 6.07) is 3.45. The van der Waals surface area contributed by atoms with E-state index in [0.717, 1.165) is 20.6 Å². The van der Waals surface area contributed by atoms with Crippen LogP contribution in [0.4, 0.5) is 0 Å². The molecule has 0 amide bonds. The van der Waals surface area contributed by atoms with Gasteiger partial charge in [-0.05, 0) is 37.1 Å². The molecule has 0 unspecified atom stereocenters. The molecule has 0 atom stereocenters. The Morgan fingerprint density at radius 1 is 1.38 bits per heavy atom. The molecule has 3 N–H and O–H groups in total. The van der Waals surface area contributed by atoms with Crippen LogP contribution in [-0.2, 0) is 23.1 Å². The third-order valence-electron chi connectivity index (χ3n) is 3.15. The molecule has 8 heteroatoms. The molecule has 2 aromatic rings. The van der Waals surface area contributed by atoms with Crippen molar-refractivity contribution in [3.8, 4) is 0 Å². The minimum atomic E-state index is -3.60. The first-order valence-corrected chi connectivity index (χ1v) is 9.38. The Bertz CT molecular complexity index is 757. The number of nitrogens with one attached hydrogen (secondary N) is 1. The van der Waals surface area contributed by atoms with Crippen LogP contribution in [-0.4, -0.2) is 13.4 Å². The quantitative estimate of drug-likeness (QED) is 0.822. The van der Waals surface area contributed by atoms with E-state index in [4.69, 9.17) is 5.73 Å². The van der Waals surface area contributed by atoms with Crippen molar-refractivity contribution < 1.29 is 8.42 Å². The van der Waals surface area contributed by atoms with E-state index in [9.17, 15) is 8.42 Å². The van der Waals surface area contributed by atoms with Crippen molar-refractivity contribution in [1.82, 2.24) is 9.71 Å². The molecular weight excluding hydrogens is 374 g/mol. The lowest BCUT2D eigenvalue weighted by molar-refractivity contribution is 0.580. The highest BCUT2D eigenvalue weighted by Crippen LogP contribution is 2.26. The van der Waals surface area contributed by atoms with Crippen LogP contribution in [0.5, 0.6) is 0 Å². The highest BCUT2D eigenvalue weighted by Gasteiger charge is 2.19. The Balaban J connectivity index is 2.31. The molecule has 0 saturated heterocycles. The summed E-state index contributed by atoms with van der Waals surface area (Å²) in [7, 11) is -3.60. The standard InChI is InChI=1S/C13H16BrN3O2S2/c1-8-11(14)3-10(5-15)4-13(8)21(18,19)17-6-12-9(2)16-7-20-12/h3-4,7,17H,5-6,15H2,1-2H3. The molecule has 2 rings (SSSR count). The summed E-state index contributed by atoms with van der Waals surface area (Å²) in [5.74, 6) is 0. The molecule has 0 fully saturated rings. The summed E-state index contributed by atoms with van der Waals surface area (Å²) >= 11 is 4.81. The van der Waals surface area contributed by atoms with Crippen molar-refractivity contribution in [2.45, 2.75) is 31.8 Å². The van der Waals surface area contributed by atoms with Gasteiger partial charge >= 0.3 is 0 Å². The smallest absolute Gasteiger partial charge is 0.241 e. The van der Waals surface area contributed by atoms with E-state index in [1.807, 2.05) is 13.0 Å². The second-order valence-electron chi connectivity index (χ2n) is 4.59. The molecule has 1 aromatic heterocycles. The van der Waals surface area contributed by atoms with E-state index in [0.29, 0.717) is 5.56 Å². The minimum absolute atomic E-state index is 0.239. The summed E-state index contributed by atoms with van der Waals surface area (Å²) in [4.78, 5) is 5.27. The van der Waals surface area contributed by atoms with Gasteiger partial charge in [-0.25, -0.2) is 18.1 Å². The fraction of sp³-hybridized carbons (Fsp3) is 0.308. The van der Waals surface area contributed by atoms with Crippen molar-refractivity contribution in [2.75, 3.05) is 0 Å². The largest absolute Gasteiger partial charge is 0.326 e. The van der Waals surface area contributed by atoms with Crippen molar-refractivity contribution >= 4 is 37.3 Å². The maximum atomic E-state index is 12.5. The second kappa shape index (κ2) is 6.53. The average Bonchev–Trinajstić information content (AvgIpc) is 2.84. The van der Waals surface area contributed by atoms with Gasteiger partial charge in [-0.3, -0.25) is 0 Å². The number of halogens is 1. The first kappa shape index (κ1) is 16.6. The number of sulfonamides is 1. The lowest BCUT2D eigenvalue weighted by Gasteiger charge is -2.12. The van der Waals surface area contributed by atoms with Gasteiger partial charge in [0.2, 0.25) is 10.0 Å². The maximum absolute atomic E-state index is 12.5. The molecule has 0 bridgehead atoms. The monoisotopic (exact) mass is 389 g/mol. The number of rotatable bonds is 5. The fourth-order valence-electron chi connectivity index (χ4n) is 1.84. The van der Waals surface area contributed by atoms with Gasteiger partial charge in [0.1, 0.15) is 0 Å². The third-order valence-corrected chi connectivity index (χ3v) is 6.44. The summed E-state index contributed by atoms with van der Waals surface area (Å²) in [6.45, 7) is 4.14. The Hall–Kier alpha value is -0.800. The number of hydrogen-bond acceptors (Lipinski definition) is 5. The number of benzene rings is 1. The van der Waals surface area contributed by atoms with Gasteiger partial charge in [0.05, 0.1) is 16.1 Å². The van der Waals surface area contributed by atoms with E-state index >= 15 is 0 Å². The molecule has 5 nitrogen and oxygen atoms in total. The van der Waals surface area contributed by atoms with Gasteiger partial charge in [0, 0.05) is 22.4 Å². The summed E-state index contributed by atoms with van der Waals surface area (Å²) in [5.41, 5.74) is 9.59. The average molecular weight is 390 g/mol. The number of hydrogen-bond donors (Lipinski definition) is 2. The summed E-state index contributed by atoms with van der Waals surface area (Å²) in [6.07, 6.45) is 0. The normalized spacial score (nSPS) is 11.8. The molecule has 1 heterocycles. The van der Waals surface area contributed by atoms with Gasteiger partial charge in [0.25, 0.3) is 0 Å². The molecule has 0 aliphatic rings. The highest BCUT2D eigenvalue weighted by atomic mass is 79.9. The van der Waals surface area contributed by atoms with Crippen LogP contribution >= 0.6 is 27.3 Å². The van der Waals surface area contributed by atoms with Gasteiger partial charge in [-0.2, -0.15) is 0 Å². The summed E-state index contributed by atoms with van der Waals surface area (Å²) in [5, 5.41) is 0.